The molecule has 6 aromatic carbocycles. The van der Waals surface area contributed by atoms with Gasteiger partial charge in [-0.2, -0.15) is 0 Å². The molecule has 0 amide bonds. The minimum Gasteiger partial charge on any atom is -0.456 e. The summed E-state index contributed by atoms with van der Waals surface area (Å²) >= 11 is 0. The largest absolute Gasteiger partial charge is 0.456 e. The van der Waals surface area contributed by atoms with Crippen LogP contribution in [0.2, 0.25) is 0 Å². The van der Waals surface area contributed by atoms with Crippen molar-refractivity contribution in [2.45, 2.75) is 25.2 Å². The fourth-order valence-electron chi connectivity index (χ4n) is 8.23. The van der Waals surface area contributed by atoms with E-state index in [9.17, 15) is 0 Å². The van der Waals surface area contributed by atoms with Crippen LogP contribution >= 0.6 is 0 Å². The Morgan fingerprint density at radius 1 is 0.577 bits per heavy atom. The van der Waals surface area contributed by atoms with E-state index < -0.39 is 0 Å². The number of aromatic nitrogens is 3. The van der Waals surface area contributed by atoms with Crippen molar-refractivity contribution in [3.8, 4) is 33.9 Å². The molecule has 0 bridgehead atoms. The van der Waals surface area contributed by atoms with Crippen LogP contribution in [0.3, 0.4) is 0 Å². The Morgan fingerprint density at radius 3 is 2.31 bits per heavy atom. The first kappa shape index (κ1) is 29.2. The van der Waals surface area contributed by atoms with Gasteiger partial charge in [0, 0.05) is 44.2 Å². The molecule has 246 valence electrons. The van der Waals surface area contributed by atoms with Gasteiger partial charge in [-0.25, -0.2) is 15.0 Å². The molecular formula is C47H31N3O2. The molecular weight excluding hydrogens is 639 g/mol. The second kappa shape index (κ2) is 11.5. The van der Waals surface area contributed by atoms with E-state index in [1.807, 2.05) is 24.3 Å². The molecule has 1 unspecified atom stereocenters. The van der Waals surface area contributed by atoms with Crippen molar-refractivity contribution in [2.75, 3.05) is 0 Å². The molecule has 52 heavy (non-hydrogen) atoms. The van der Waals surface area contributed by atoms with Gasteiger partial charge in [-0.1, -0.05) is 115 Å². The zero-order valence-electron chi connectivity index (χ0n) is 28.2. The molecule has 0 spiro atoms. The summed E-state index contributed by atoms with van der Waals surface area (Å²) in [6.45, 7) is 0. The van der Waals surface area contributed by atoms with Crippen LogP contribution in [0.15, 0.2) is 148 Å². The van der Waals surface area contributed by atoms with Crippen molar-refractivity contribution in [1.82, 2.24) is 15.0 Å². The number of furan rings is 2. The Balaban J connectivity index is 1.11. The summed E-state index contributed by atoms with van der Waals surface area (Å²) in [4.78, 5) is 15.7. The molecule has 1 atom stereocenters. The summed E-state index contributed by atoms with van der Waals surface area (Å²) in [6, 6.07) is 38.0. The molecule has 3 aromatic heterocycles. The van der Waals surface area contributed by atoms with E-state index in [1.54, 1.807) is 0 Å². The average molecular weight is 670 g/mol. The Bertz CT molecular complexity index is 3010. The summed E-state index contributed by atoms with van der Waals surface area (Å²) in [7, 11) is 0. The zero-order valence-corrected chi connectivity index (χ0v) is 28.2. The van der Waals surface area contributed by atoms with Crippen molar-refractivity contribution in [1.29, 1.82) is 0 Å². The van der Waals surface area contributed by atoms with Crippen molar-refractivity contribution in [3.63, 3.8) is 0 Å². The normalized spacial score (nSPS) is 15.4. The molecule has 0 N–H and O–H groups in total. The molecule has 5 heteroatoms. The quantitative estimate of drug-likeness (QED) is 0.187. The van der Waals surface area contributed by atoms with Crippen LogP contribution in [0.25, 0.3) is 94.6 Å². The fraction of sp³-hybridized carbons (Fsp3) is 0.0851. The molecule has 0 saturated carbocycles. The molecule has 0 fully saturated rings. The van der Waals surface area contributed by atoms with E-state index >= 15 is 0 Å². The molecule has 0 saturated heterocycles. The van der Waals surface area contributed by atoms with E-state index in [0.29, 0.717) is 11.6 Å². The van der Waals surface area contributed by atoms with E-state index in [2.05, 4.69) is 121 Å². The topological polar surface area (TPSA) is 65.0 Å². The molecule has 9 aromatic rings. The summed E-state index contributed by atoms with van der Waals surface area (Å²) in [5, 5.41) is 6.68. The SMILES string of the molecule is C1=CCC(c2nc(-c3cc4ccccc4c4c3CCC=C4)nc(-c3cccc4oc5cc(-c6cccc7c6oc6ccccc67)ccc5c34)n2)C=C1. The lowest BCUT2D eigenvalue weighted by atomic mass is 9.88. The van der Waals surface area contributed by atoms with Crippen molar-refractivity contribution in [3.05, 3.63) is 157 Å². The second-order valence-electron chi connectivity index (χ2n) is 13.7. The number of fused-ring (bicyclic) bond motifs is 9. The van der Waals surface area contributed by atoms with Gasteiger partial charge in [-0.15, -0.1) is 0 Å². The van der Waals surface area contributed by atoms with Gasteiger partial charge in [0.05, 0.1) is 0 Å². The van der Waals surface area contributed by atoms with Crippen LogP contribution in [-0.4, -0.2) is 15.0 Å². The first-order chi connectivity index (χ1) is 25.8. The second-order valence-corrected chi connectivity index (χ2v) is 13.7. The highest BCUT2D eigenvalue weighted by Crippen LogP contribution is 2.42. The van der Waals surface area contributed by atoms with Crippen LogP contribution in [-0.2, 0) is 6.42 Å². The highest BCUT2D eigenvalue weighted by atomic mass is 16.3. The number of nitrogens with zero attached hydrogens (tertiary/aromatic N) is 3. The summed E-state index contributed by atoms with van der Waals surface area (Å²) in [5.41, 5.74) is 10.00. The zero-order chi connectivity index (χ0) is 34.2. The number of benzene rings is 6. The van der Waals surface area contributed by atoms with Gasteiger partial charge in [-0.05, 0) is 77.1 Å². The van der Waals surface area contributed by atoms with E-state index in [-0.39, 0.29) is 5.92 Å². The third-order valence-electron chi connectivity index (χ3n) is 10.7. The highest BCUT2D eigenvalue weighted by Gasteiger charge is 2.23. The molecule has 11 rings (SSSR count). The average Bonchev–Trinajstić information content (AvgIpc) is 3.79. The molecule has 3 heterocycles. The summed E-state index contributed by atoms with van der Waals surface area (Å²) in [6.07, 6.45) is 15.9. The molecule has 0 aliphatic heterocycles. The highest BCUT2D eigenvalue weighted by molar-refractivity contribution is 6.14. The lowest BCUT2D eigenvalue weighted by Gasteiger charge is -2.19. The Labute approximate surface area is 299 Å². The van der Waals surface area contributed by atoms with Crippen LogP contribution < -0.4 is 0 Å². The fourth-order valence-corrected chi connectivity index (χ4v) is 8.23. The van der Waals surface area contributed by atoms with Gasteiger partial charge in [0.25, 0.3) is 0 Å². The van der Waals surface area contributed by atoms with Crippen LogP contribution in [0.1, 0.15) is 35.7 Å². The molecule has 2 aliphatic carbocycles. The summed E-state index contributed by atoms with van der Waals surface area (Å²) in [5.74, 6) is 2.21. The van der Waals surface area contributed by atoms with Gasteiger partial charge in [0.15, 0.2) is 11.6 Å². The van der Waals surface area contributed by atoms with E-state index in [1.165, 1.54) is 21.9 Å². The van der Waals surface area contributed by atoms with E-state index in [4.69, 9.17) is 23.8 Å². The van der Waals surface area contributed by atoms with Gasteiger partial charge in [0.1, 0.15) is 28.2 Å². The minimum atomic E-state index is 0.0606. The molecule has 5 nitrogen and oxygen atoms in total. The number of rotatable bonds is 4. The number of allylic oxidation sites excluding steroid dienone is 5. The maximum Gasteiger partial charge on any atom is 0.164 e. The van der Waals surface area contributed by atoms with Crippen molar-refractivity contribution in [2.24, 2.45) is 0 Å². The van der Waals surface area contributed by atoms with Crippen LogP contribution in [0.5, 0.6) is 0 Å². The maximum absolute atomic E-state index is 6.60. The molecule has 0 radical (unpaired) electrons. The summed E-state index contributed by atoms with van der Waals surface area (Å²) < 4.78 is 13.0. The van der Waals surface area contributed by atoms with Gasteiger partial charge >= 0.3 is 0 Å². The Hall–Kier alpha value is -6.59. The van der Waals surface area contributed by atoms with Crippen LogP contribution in [0.4, 0.5) is 0 Å². The molecule has 2 aliphatic rings. The third kappa shape index (κ3) is 4.52. The minimum absolute atomic E-state index is 0.0606. The Kier molecular flexibility index (Phi) is 6.44. The van der Waals surface area contributed by atoms with Gasteiger partial charge in [-0.3, -0.25) is 0 Å². The smallest absolute Gasteiger partial charge is 0.164 e. The first-order valence-corrected chi connectivity index (χ1v) is 17.9. The monoisotopic (exact) mass is 669 g/mol. The number of hydrogen-bond acceptors (Lipinski definition) is 5. The third-order valence-corrected chi connectivity index (χ3v) is 10.7. The maximum atomic E-state index is 6.60. The van der Waals surface area contributed by atoms with E-state index in [0.717, 1.165) is 91.2 Å². The van der Waals surface area contributed by atoms with Crippen molar-refractivity contribution >= 4 is 60.7 Å². The standard InChI is InChI=1S/C47H31N3O2/c1-2-12-28(13-3-1)45-48-46(50-47(49-45)39-26-29-14-4-5-15-31(29)33-16-6-7-17-34(33)39)38-21-11-23-41-43(38)37-25-24-30(27-42(37)51-41)32-19-10-20-36-35-18-8-9-22-40(35)52-44(32)36/h1-6,8-12,14-16,18-28H,7,13,17H2. The number of para-hydroxylation sites is 2. The van der Waals surface area contributed by atoms with Crippen molar-refractivity contribution < 1.29 is 8.83 Å². The number of hydrogen-bond donors (Lipinski definition) is 0. The predicted molar refractivity (Wildman–Crippen MR) is 211 cm³/mol. The van der Waals surface area contributed by atoms with Gasteiger partial charge in [0.2, 0.25) is 0 Å². The first-order valence-electron chi connectivity index (χ1n) is 17.9. The lowest BCUT2D eigenvalue weighted by Crippen LogP contribution is -2.09. The van der Waals surface area contributed by atoms with Crippen LogP contribution in [0, 0.1) is 0 Å². The predicted octanol–water partition coefficient (Wildman–Crippen LogP) is 12.4. The lowest BCUT2D eigenvalue weighted by molar-refractivity contribution is 0.668. The van der Waals surface area contributed by atoms with Gasteiger partial charge < -0.3 is 8.83 Å². The Morgan fingerprint density at radius 2 is 1.38 bits per heavy atom.